The molecule has 0 saturated heterocycles. The van der Waals surface area contributed by atoms with Gasteiger partial charge in [0.2, 0.25) is 5.78 Å². The van der Waals surface area contributed by atoms with Gasteiger partial charge in [-0.05, 0) is 42.5 Å². The van der Waals surface area contributed by atoms with Gasteiger partial charge in [-0.3, -0.25) is 14.5 Å². The molecule has 1 N–H and O–H groups in total. The number of furan rings is 1. The van der Waals surface area contributed by atoms with E-state index in [1.54, 1.807) is 19.9 Å². The lowest BCUT2D eigenvalue weighted by atomic mass is 9.85. The molecule has 0 spiro atoms. The van der Waals surface area contributed by atoms with Crippen molar-refractivity contribution in [3.63, 3.8) is 0 Å². The molecule has 1 aliphatic rings. The van der Waals surface area contributed by atoms with Crippen LogP contribution in [0.3, 0.4) is 0 Å². The van der Waals surface area contributed by atoms with E-state index in [1.807, 2.05) is 24.3 Å². The van der Waals surface area contributed by atoms with Crippen LogP contribution in [0, 0.1) is 13.8 Å². The molecule has 1 aromatic carbocycles. The van der Waals surface area contributed by atoms with Crippen LogP contribution < -0.4 is 4.90 Å². The number of aromatic nitrogens is 1. The maximum atomic E-state index is 13.4. The van der Waals surface area contributed by atoms with Gasteiger partial charge in [-0.15, -0.1) is 0 Å². The Bertz CT molecular complexity index is 1360. The van der Waals surface area contributed by atoms with Crippen molar-refractivity contribution in [1.29, 1.82) is 0 Å². The minimum Gasteiger partial charge on any atom is -0.503 e. The maximum Gasteiger partial charge on any atom is 0.350 e. The topological polar surface area (TPSA) is 110 Å². The van der Waals surface area contributed by atoms with Gasteiger partial charge >= 0.3 is 5.97 Å². The Balaban J connectivity index is 1.87. The number of Topliss-reactive ketones (excluding diaryl/α,β-unsaturated/α-hetero) is 1. The monoisotopic (exact) mass is 494 g/mol. The third-order valence-electron chi connectivity index (χ3n) is 5.87. The number of aryl methyl sites for hydroxylation is 2. The quantitative estimate of drug-likeness (QED) is 0.382. The molecule has 0 unspecified atom stereocenters. The Hall–Kier alpha value is -3.72. The summed E-state index contributed by atoms with van der Waals surface area (Å²) in [6.45, 7) is 9.58. The van der Waals surface area contributed by atoms with Gasteiger partial charge in [0.15, 0.2) is 16.7 Å². The number of thiazole rings is 1. The predicted molar refractivity (Wildman–Crippen MR) is 131 cm³/mol. The summed E-state index contributed by atoms with van der Waals surface area (Å²) in [4.78, 5) is 44.8. The lowest BCUT2D eigenvalue weighted by Gasteiger charge is -2.25. The Labute approximate surface area is 206 Å². The molecule has 182 valence electrons. The third-order valence-corrected chi connectivity index (χ3v) is 7.01. The Morgan fingerprint density at radius 2 is 1.77 bits per heavy atom. The van der Waals surface area contributed by atoms with Crippen LogP contribution in [0.1, 0.15) is 69.6 Å². The van der Waals surface area contributed by atoms with E-state index in [0.29, 0.717) is 17.0 Å². The van der Waals surface area contributed by atoms with Gasteiger partial charge in [0, 0.05) is 0 Å². The van der Waals surface area contributed by atoms with Crippen molar-refractivity contribution in [3.8, 4) is 0 Å². The first-order valence-corrected chi connectivity index (χ1v) is 11.8. The average Bonchev–Trinajstić information content (AvgIpc) is 3.48. The zero-order chi connectivity index (χ0) is 25.7. The van der Waals surface area contributed by atoms with Gasteiger partial charge in [0.05, 0.1) is 24.4 Å². The highest BCUT2D eigenvalue weighted by molar-refractivity contribution is 7.17. The highest BCUT2D eigenvalue weighted by atomic mass is 32.1. The lowest BCUT2D eigenvalue weighted by Crippen LogP contribution is -2.31. The number of rotatable bonds is 5. The second kappa shape index (κ2) is 8.81. The van der Waals surface area contributed by atoms with Crippen molar-refractivity contribution in [1.82, 2.24) is 4.98 Å². The normalized spacial score (nSPS) is 16.2. The molecule has 35 heavy (non-hydrogen) atoms. The summed E-state index contributed by atoms with van der Waals surface area (Å²) in [6.07, 6.45) is 0. The second-order valence-electron chi connectivity index (χ2n) is 9.35. The van der Waals surface area contributed by atoms with Crippen LogP contribution in [0.5, 0.6) is 0 Å². The number of methoxy groups -OCH3 is 1. The van der Waals surface area contributed by atoms with E-state index in [1.165, 1.54) is 18.1 Å². The zero-order valence-electron chi connectivity index (χ0n) is 20.3. The SMILES string of the molecule is COC(=O)c1sc(N2C(=O)C(O)=C(C(=O)c3ccc(C)o3)[C@H]2c2ccc(C(C)(C)C)cc2)nc1C. The standard InChI is InChI=1S/C26H26N2O6S/c1-13-7-12-17(34-13)20(29)18-19(15-8-10-16(11-9-15)26(3,4)5)28(23(31)21(18)30)25-27-14(2)22(35-25)24(32)33-6/h7-12,19,30H,1-6H3/t19-/m1/s1. The predicted octanol–water partition coefficient (Wildman–Crippen LogP) is 5.22. The molecular formula is C26H26N2O6S. The number of ether oxygens (including phenoxy) is 1. The number of aliphatic hydroxyl groups excluding tert-OH is 1. The van der Waals surface area contributed by atoms with Crippen LogP contribution in [0.2, 0.25) is 0 Å². The number of ketones is 1. The van der Waals surface area contributed by atoms with E-state index >= 15 is 0 Å². The molecule has 0 aliphatic carbocycles. The van der Waals surface area contributed by atoms with Gasteiger partial charge in [-0.1, -0.05) is 56.4 Å². The molecule has 0 bridgehead atoms. The number of benzene rings is 1. The highest BCUT2D eigenvalue weighted by Gasteiger charge is 2.47. The molecule has 1 aliphatic heterocycles. The van der Waals surface area contributed by atoms with Crippen LogP contribution in [0.25, 0.3) is 0 Å². The first-order valence-electron chi connectivity index (χ1n) is 11.0. The van der Waals surface area contributed by atoms with Crippen molar-refractivity contribution in [3.05, 3.63) is 80.9 Å². The van der Waals surface area contributed by atoms with Crippen LogP contribution in [-0.4, -0.2) is 34.9 Å². The first kappa shape index (κ1) is 24.4. The van der Waals surface area contributed by atoms with E-state index in [-0.39, 0.29) is 26.8 Å². The number of aliphatic hydroxyl groups is 1. The summed E-state index contributed by atoms with van der Waals surface area (Å²) < 4.78 is 10.3. The number of nitrogens with zero attached hydrogens (tertiary/aromatic N) is 2. The summed E-state index contributed by atoms with van der Waals surface area (Å²) in [5, 5.41) is 11.1. The first-order chi connectivity index (χ1) is 16.4. The number of esters is 1. The average molecular weight is 495 g/mol. The van der Waals surface area contributed by atoms with Crippen LogP contribution in [0.4, 0.5) is 5.13 Å². The van der Waals surface area contributed by atoms with Crippen molar-refractivity contribution in [2.75, 3.05) is 12.0 Å². The lowest BCUT2D eigenvalue weighted by molar-refractivity contribution is -0.117. The molecule has 8 nitrogen and oxygen atoms in total. The third kappa shape index (κ3) is 4.27. The number of carbonyl (C=O) groups excluding carboxylic acids is 3. The van der Waals surface area contributed by atoms with Crippen molar-refractivity contribution < 1.29 is 28.6 Å². The largest absolute Gasteiger partial charge is 0.503 e. The molecule has 4 rings (SSSR count). The molecule has 9 heteroatoms. The smallest absolute Gasteiger partial charge is 0.350 e. The summed E-state index contributed by atoms with van der Waals surface area (Å²) in [7, 11) is 1.26. The van der Waals surface area contributed by atoms with Crippen LogP contribution >= 0.6 is 11.3 Å². The van der Waals surface area contributed by atoms with E-state index < -0.39 is 29.5 Å². The molecule has 1 atom stereocenters. The van der Waals surface area contributed by atoms with Crippen LogP contribution in [0.15, 0.2) is 52.1 Å². The molecule has 3 heterocycles. The van der Waals surface area contributed by atoms with E-state index in [4.69, 9.17) is 9.15 Å². The minimum absolute atomic E-state index is 0.0144. The molecule has 0 radical (unpaired) electrons. The summed E-state index contributed by atoms with van der Waals surface area (Å²) >= 11 is 0.962. The molecule has 0 saturated carbocycles. The highest BCUT2D eigenvalue weighted by Crippen LogP contribution is 2.44. The van der Waals surface area contributed by atoms with Crippen LogP contribution in [-0.2, 0) is 14.9 Å². The van der Waals surface area contributed by atoms with E-state index in [2.05, 4.69) is 25.8 Å². The minimum atomic E-state index is -0.967. The molecule has 1 amide bonds. The number of hydrogen-bond donors (Lipinski definition) is 1. The Kier molecular flexibility index (Phi) is 6.14. The molecule has 2 aromatic heterocycles. The molecule has 3 aromatic rings. The number of anilines is 1. The van der Waals surface area contributed by atoms with Gasteiger partial charge < -0.3 is 14.3 Å². The Morgan fingerprint density at radius 3 is 2.31 bits per heavy atom. The molecule has 0 fully saturated rings. The number of carbonyl (C=O) groups is 3. The summed E-state index contributed by atoms with van der Waals surface area (Å²) in [5.74, 6) is -2.10. The van der Waals surface area contributed by atoms with Gasteiger partial charge in [0.1, 0.15) is 10.6 Å². The fraction of sp³-hybridized carbons (Fsp3) is 0.308. The van der Waals surface area contributed by atoms with Gasteiger partial charge in [0.25, 0.3) is 5.91 Å². The number of hydrogen-bond acceptors (Lipinski definition) is 8. The van der Waals surface area contributed by atoms with Crippen molar-refractivity contribution in [2.45, 2.75) is 46.1 Å². The van der Waals surface area contributed by atoms with Crippen molar-refractivity contribution in [2.24, 2.45) is 0 Å². The van der Waals surface area contributed by atoms with Gasteiger partial charge in [-0.2, -0.15) is 0 Å². The Morgan fingerprint density at radius 1 is 1.11 bits per heavy atom. The summed E-state index contributed by atoms with van der Waals surface area (Å²) in [5.41, 5.74) is 1.84. The number of amides is 1. The maximum absolute atomic E-state index is 13.4. The zero-order valence-corrected chi connectivity index (χ0v) is 21.1. The van der Waals surface area contributed by atoms with Gasteiger partial charge in [-0.25, -0.2) is 9.78 Å². The van der Waals surface area contributed by atoms with E-state index in [9.17, 15) is 19.5 Å². The van der Waals surface area contributed by atoms with E-state index in [0.717, 1.165) is 16.9 Å². The summed E-state index contributed by atoms with van der Waals surface area (Å²) in [6, 6.07) is 9.69. The fourth-order valence-electron chi connectivity index (χ4n) is 3.97. The fourth-order valence-corrected chi connectivity index (χ4v) is 4.98. The second-order valence-corrected chi connectivity index (χ2v) is 10.3. The molecular weight excluding hydrogens is 468 g/mol. The van der Waals surface area contributed by atoms with Crippen molar-refractivity contribution >= 4 is 34.1 Å².